The van der Waals surface area contributed by atoms with Gasteiger partial charge in [0.1, 0.15) is 0 Å². The third kappa shape index (κ3) is 7.70. The number of benzene rings is 1. The van der Waals surface area contributed by atoms with Gasteiger partial charge in [-0.1, -0.05) is 30.3 Å². The molecule has 1 aromatic rings. The molecule has 0 aliphatic carbocycles. The van der Waals surface area contributed by atoms with Crippen LogP contribution in [0.15, 0.2) is 30.3 Å². The molecule has 1 amide bonds. The van der Waals surface area contributed by atoms with Crippen LogP contribution in [0.25, 0.3) is 0 Å². The molecule has 1 aliphatic rings. The summed E-state index contributed by atoms with van der Waals surface area (Å²) in [5, 5.41) is 7.27. The lowest BCUT2D eigenvalue weighted by Gasteiger charge is -2.24. The first-order chi connectivity index (χ1) is 12.3. The minimum Gasteiger partial charge on any atom is -0.362 e. The molecule has 1 aliphatic heterocycles. The number of hydrogen-bond donors (Lipinski definition) is 3. The van der Waals surface area contributed by atoms with Crippen LogP contribution in [0.1, 0.15) is 32.8 Å². The summed E-state index contributed by atoms with van der Waals surface area (Å²) in [6.07, 6.45) is 2.03. The van der Waals surface area contributed by atoms with Crippen molar-refractivity contribution in [3.8, 4) is 0 Å². The van der Waals surface area contributed by atoms with E-state index in [9.17, 15) is 4.79 Å². The summed E-state index contributed by atoms with van der Waals surface area (Å²) in [7, 11) is 0. The largest absolute Gasteiger partial charge is 0.362 e. The smallest absolute Gasteiger partial charge is 0.275 e. The van der Waals surface area contributed by atoms with Gasteiger partial charge in [0.05, 0.1) is 19.6 Å². The molecule has 0 saturated carbocycles. The van der Waals surface area contributed by atoms with Crippen molar-refractivity contribution in [1.29, 1.82) is 0 Å². The van der Waals surface area contributed by atoms with E-state index in [1.807, 2.05) is 26.8 Å². The van der Waals surface area contributed by atoms with Gasteiger partial charge < -0.3 is 20.4 Å². The summed E-state index contributed by atoms with van der Waals surface area (Å²) >= 11 is 5.57. The fourth-order valence-electron chi connectivity index (χ4n) is 3.19. The predicted molar refractivity (Wildman–Crippen MR) is 110 cm³/mol. The van der Waals surface area contributed by atoms with E-state index in [0.29, 0.717) is 6.54 Å². The zero-order valence-electron chi connectivity index (χ0n) is 16.3. The van der Waals surface area contributed by atoms with Crippen LogP contribution in [0.5, 0.6) is 0 Å². The first-order valence-electron chi connectivity index (χ1n) is 9.55. The highest BCUT2D eigenvalue weighted by atomic mass is 32.1. The predicted octanol–water partition coefficient (Wildman–Crippen LogP) is 0.609. The van der Waals surface area contributed by atoms with Crippen LogP contribution in [0, 0.1) is 0 Å². The van der Waals surface area contributed by atoms with Crippen LogP contribution < -0.4 is 15.5 Å². The van der Waals surface area contributed by atoms with E-state index < -0.39 is 0 Å². The average Bonchev–Trinajstić information content (AvgIpc) is 2.79. The average molecular weight is 378 g/mol. The number of amides is 1. The molecule has 1 aromatic carbocycles. The maximum absolute atomic E-state index is 12.1. The number of nitrogens with one attached hydrogen (secondary N) is 3. The number of carbonyl (C=O) groups is 1. The molecule has 1 unspecified atom stereocenters. The van der Waals surface area contributed by atoms with Crippen molar-refractivity contribution in [1.82, 2.24) is 15.5 Å². The van der Waals surface area contributed by atoms with E-state index in [1.54, 1.807) is 0 Å². The number of thiocarbonyl (C=S) groups is 1. The Bertz CT molecular complexity index is 585. The Kier molecular flexibility index (Phi) is 7.85. The molecule has 6 heteroatoms. The Balaban J connectivity index is 1.71. The quantitative estimate of drug-likeness (QED) is 0.658. The van der Waals surface area contributed by atoms with E-state index >= 15 is 0 Å². The zero-order chi connectivity index (χ0) is 19.0. The molecule has 3 N–H and O–H groups in total. The van der Waals surface area contributed by atoms with Crippen LogP contribution >= 0.6 is 12.2 Å². The van der Waals surface area contributed by atoms with Crippen LogP contribution in [-0.2, 0) is 11.2 Å². The molecular formula is C20H33N4OS+. The van der Waals surface area contributed by atoms with E-state index in [4.69, 9.17) is 12.2 Å². The first kappa shape index (κ1) is 20.6. The summed E-state index contributed by atoms with van der Waals surface area (Å²) in [6, 6.07) is 10.4. The second kappa shape index (κ2) is 9.88. The molecule has 0 radical (unpaired) electrons. The van der Waals surface area contributed by atoms with Crippen LogP contribution in [0.3, 0.4) is 0 Å². The molecule has 1 saturated heterocycles. The number of hydrogen-bond acceptors (Lipinski definition) is 2. The van der Waals surface area contributed by atoms with E-state index in [2.05, 4.69) is 39.8 Å². The topological polar surface area (TPSA) is 48.8 Å². The van der Waals surface area contributed by atoms with E-state index in [0.717, 1.165) is 50.7 Å². The molecule has 1 atom stereocenters. The molecule has 144 valence electrons. The molecular weight excluding hydrogens is 344 g/mol. The fourth-order valence-corrected chi connectivity index (χ4v) is 3.47. The maximum atomic E-state index is 12.1. The van der Waals surface area contributed by atoms with Gasteiger partial charge in [-0.05, 0) is 45.0 Å². The van der Waals surface area contributed by atoms with Crippen LogP contribution in [0.4, 0.5) is 0 Å². The van der Waals surface area contributed by atoms with Gasteiger partial charge in [-0.3, -0.25) is 4.79 Å². The second-order valence-electron chi connectivity index (χ2n) is 8.03. The maximum Gasteiger partial charge on any atom is 0.275 e. The summed E-state index contributed by atoms with van der Waals surface area (Å²) in [5.41, 5.74) is 1.15. The van der Waals surface area contributed by atoms with Crippen LogP contribution in [-0.4, -0.2) is 60.7 Å². The number of nitrogens with zero attached hydrogens (tertiary/aromatic N) is 1. The van der Waals surface area contributed by atoms with Crippen molar-refractivity contribution in [2.75, 3.05) is 39.3 Å². The van der Waals surface area contributed by atoms with Crippen molar-refractivity contribution >= 4 is 23.2 Å². The standard InChI is InChI=1S/C20H32N4OS/c1-20(2,3)22-18(25)16-23-12-7-13-24(15-14-23)19(26)21-11-10-17-8-5-4-6-9-17/h4-6,8-9H,7,10-16H2,1-3H3,(H,21,26)(H,22,25)/p+1. The van der Waals surface area contributed by atoms with Gasteiger partial charge in [0.25, 0.3) is 5.91 Å². The third-order valence-corrected chi connectivity index (χ3v) is 4.84. The molecule has 0 spiro atoms. The third-order valence-electron chi connectivity index (χ3n) is 4.44. The van der Waals surface area contributed by atoms with Crippen molar-refractivity contribution in [3.63, 3.8) is 0 Å². The minimum atomic E-state index is -0.168. The van der Waals surface area contributed by atoms with Gasteiger partial charge in [-0.25, -0.2) is 0 Å². The van der Waals surface area contributed by atoms with Gasteiger partial charge in [-0.2, -0.15) is 0 Å². The Morgan fingerprint density at radius 2 is 1.92 bits per heavy atom. The summed E-state index contributed by atoms with van der Waals surface area (Å²) < 4.78 is 0. The summed E-state index contributed by atoms with van der Waals surface area (Å²) in [5.74, 6) is 0.129. The lowest BCUT2D eigenvalue weighted by atomic mass is 10.1. The SMILES string of the molecule is CC(C)(C)NC(=O)C[NH+]1CCCN(C(=S)NCCc2ccccc2)CC1. The van der Waals surface area contributed by atoms with Crippen LogP contribution in [0.2, 0.25) is 0 Å². The molecule has 26 heavy (non-hydrogen) atoms. The van der Waals surface area contributed by atoms with Crippen molar-refractivity contribution in [3.05, 3.63) is 35.9 Å². The van der Waals surface area contributed by atoms with Crippen molar-refractivity contribution in [2.24, 2.45) is 0 Å². The van der Waals surface area contributed by atoms with Gasteiger partial charge in [0, 0.05) is 25.0 Å². The summed E-state index contributed by atoms with van der Waals surface area (Å²) in [6.45, 7) is 11.3. The number of rotatable bonds is 5. The van der Waals surface area contributed by atoms with E-state index in [-0.39, 0.29) is 11.4 Å². The lowest BCUT2D eigenvalue weighted by molar-refractivity contribution is -0.889. The highest BCUT2D eigenvalue weighted by Crippen LogP contribution is 2.00. The van der Waals surface area contributed by atoms with Gasteiger partial charge in [-0.15, -0.1) is 0 Å². The van der Waals surface area contributed by atoms with Gasteiger partial charge in [0.2, 0.25) is 0 Å². The minimum absolute atomic E-state index is 0.129. The normalized spacial score (nSPS) is 18.1. The molecule has 1 heterocycles. The zero-order valence-corrected chi connectivity index (χ0v) is 17.1. The number of carbonyl (C=O) groups excluding carboxylic acids is 1. The molecule has 0 aromatic heterocycles. The van der Waals surface area contributed by atoms with Crippen molar-refractivity contribution < 1.29 is 9.69 Å². The fraction of sp³-hybridized carbons (Fsp3) is 0.600. The summed E-state index contributed by atoms with van der Waals surface area (Å²) in [4.78, 5) is 15.7. The Morgan fingerprint density at radius 3 is 2.62 bits per heavy atom. The Hall–Kier alpha value is -1.66. The molecule has 5 nitrogen and oxygen atoms in total. The molecule has 2 rings (SSSR count). The van der Waals surface area contributed by atoms with Gasteiger partial charge in [0.15, 0.2) is 11.7 Å². The Morgan fingerprint density at radius 1 is 1.19 bits per heavy atom. The first-order valence-corrected chi connectivity index (χ1v) is 9.95. The number of quaternary nitrogens is 1. The Labute approximate surface area is 163 Å². The van der Waals surface area contributed by atoms with E-state index in [1.165, 1.54) is 10.5 Å². The highest BCUT2D eigenvalue weighted by molar-refractivity contribution is 7.80. The van der Waals surface area contributed by atoms with Gasteiger partial charge >= 0.3 is 0 Å². The highest BCUT2D eigenvalue weighted by Gasteiger charge is 2.23. The molecule has 1 fully saturated rings. The second-order valence-corrected chi connectivity index (χ2v) is 8.42. The van der Waals surface area contributed by atoms with Crippen molar-refractivity contribution in [2.45, 2.75) is 39.2 Å². The lowest BCUT2D eigenvalue weighted by Crippen LogP contribution is -3.13. The molecule has 0 bridgehead atoms. The monoisotopic (exact) mass is 377 g/mol.